The minimum absolute atomic E-state index is 0.197. The Morgan fingerprint density at radius 1 is 1.08 bits per heavy atom. The van der Waals surface area contributed by atoms with E-state index in [1.165, 1.54) is 0 Å². The number of hydrogen-bond acceptors (Lipinski definition) is 4. The third-order valence-electron chi connectivity index (χ3n) is 6.38. The number of rotatable bonds is 5. The summed E-state index contributed by atoms with van der Waals surface area (Å²) in [5.74, 6) is 1.21. The SMILES string of the molecule is COc1ccc(-c2[nH]c3cc(F)c(C4=CCN(C(=O)OC(C)(C)C)CC4)cc3c2C(C)C)cc1OC. The third kappa shape index (κ3) is 5.06. The number of nitrogens with zero attached hydrogens (tertiary/aromatic N) is 1. The van der Waals surface area contributed by atoms with E-state index in [0.29, 0.717) is 36.6 Å². The molecule has 0 saturated heterocycles. The van der Waals surface area contributed by atoms with Gasteiger partial charge in [-0.2, -0.15) is 0 Å². The summed E-state index contributed by atoms with van der Waals surface area (Å²) in [7, 11) is 3.22. The van der Waals surface area contributed by atoms with Crippen LogP contribution in [0.25, 0.3) is 27.7 Å². The van der Waals surface area contributed by atoms with Crippen LogP contribution in [-0.4, -0.2) is 48.9 Å². The van der Waals surface area contributed by atoms with Crippen LogP contribution in [0.15, 0.2) is 36.4 Å². The Hall–Kier alpha value is -3.48. The quantitative estimate of drug-likeness (QED) is 0.409. The van der Waals surface area contributed by atoms with Crippen molar-refractivity contribution >= 4 is 22.6 Å². The van der Waals surface area contributed by atoms with Crippen LogP contribution in [-0.2, 0) is 4.74 Å². The molecule has 6 nitrogen and oxygen atoms in total. The molecule has 7 heteroatoms. The Morgan fingerprint density at radius 2 is 1.81 bits per heavy atom. The normalized spacial score (nSPS) is 14.2. The number of methoxy groups -OCH3 is 2. The number of halogens is 1. The summed E-state index contributed by atoms with van der Waals surface area (Å²) in [6, 6.07) is 9.29. The number of aromatic nitrogens is 1. The molecule has 1 aliphatic heterocycles. The van der Waals surface area contributed by atoms with Crippen LogP contribution in [0.2, 0.25) is 0 Å². The Balaban J connectivity index is 1.72. The largest absolute Gasteiger partial charge is 0.493 e. The first-order valence-corrected chi connectivity index (χ1v) is 12.3. The van der Waals surface area contributed by atoms with Gasteiger partial charge in [-0.1, -0.05) is 19.9 Å². The highest BCUT2D eigenvalue weighted by atomic mass is 19.1. The number of aromatic amines is 1. The maximum Gasteiger partial charge on any atom is 0.410 e. The molecule has 0 aliphatic carbocycles. The number of hydrogen-bond donors (Lipinski definition) is 1. The van der Waals surface area contributed by atoms with Crippen LogP contribution in [0.1, 0.15) is 58.1 Å². The summed E-state index contributed by atoms with van der Waals surface area (Å²) in [5, 5.41) is 0.988. The summed E-state index contributed by atoms with van der Waals surface area (Å²) in [6.07, 6.45) is 2.14. The minimum atomic E-state index is -0.550. The van der Waals surface area contributed by atoms with E-state index >= 15 is 4.39 Å². The first-order valence-electron chi connectivity index (χ1n) is 12.3. The molecule has 0 fully saturated rings. The summed E-state index contributed by atoms with van der Waals surface area (Å²) >= 11 is 0. The first-order chi connectivity index (χ1) is 17.0. The van der Waals surface area contributed by atoms with E-state index in [-0.39, 0.29) is 17.8 Å². The van der Waals surface area contributed by atoms with E-state index in [9.17, 15) is 4.79 Å². The highest BCUT2D eigenvalue weighted by molar-refractivity contribution is 5.94. The molecule has 192 valence electrons. The molecule has 0 atom stereocenters. The summed E-state index contributed by atoms with van der Waals surface area (Å²) < 4.78 is 31.7. The van der Waals surface area contributed by atoms with Crippen molar-refractivity contribution in [2.75, 3.05) is 27.3 Å². The molecule has 1 aliphatic rings. The lowest BCUT2D eigenvalue weighted by atomic mass is 9.92. The second-order valence-electron chi connectivity index (χ2n) is 10.4. The predicted molar refractivity (Wildman–Crippen MR) is 141 cm³/mol. The number of carbonyl (C=O) groups is 1. The van der Waals surface area contributed by atoms with Crippen molar-refractivity contribution in [1.29, 1.82) is 0 Å². The van der Waals surface area contributed by atoms with Gasteiger partial charge < -0.3 is 24.1 Å². The molecule has 0 bridgehead atoms. The smallest absolute Gasteiger partial charge is 0.410 e. The van der Waals surface area contributed by atoms with Crippen LogP contribution in [0.3, 0.4) is 0 Å². The molecule has 2 aromatic carbocycles. The molecule has 0 radical (unpaired) electrons. The molecule has 2 heterocycles. The van der Waals surface area contributed by atoms with Crippen molar-refractivity contribution in [2.24, 2.45) is 0 Å². The lowest BCUT2D eigenvalue weighted by Crippen LogP contribution is -2.39. The Labute approximate surface area is 212 Å². The molecule has 0 saturated carbocycles. The van der Waals surface area contributed by atoms with Crippen LogP contribution >= 0.6 is 0 Å². The van der Waals surface area contributed by atoms with Gasteiger partial charge >= 0.3 is 6.09 Å². The van der Waals surface area contributed by atoms with E-state index in [2.05, 4.69) is 18.8 Å². The van der Waals surface area contributed by atoms with Gasteiger partial charge in [0.15, 0.2) is 11.5 Å². The van der Waals surface area contributed by atoms with Crippen LogP contribution in [0, 0.1) is 5.82 Å². The summed E-state index contributed by atoms with van der Waals surface area (Å²) in [4.78, 5) is 17.5. The Kier molecular flexibility index (Phi) is 7.03. The van der Waals surface area contributed by atoms with Gasteiger partial charge in [-0.05, 0) is 74.6 Å². The van der Waals surface area contributed by atoms with Gasteiger partial charge in [-0.15, -0.1) is 0 Å². The van der Waals surface area contributed by atoms with Gasteiger partial charge in [0.2, 0.25) is 0 Å². The standard InChI is InChI=1S/C29H35FN2O4/c1-17(2)26-21-15-20(18-10-12-32(13-11-18)28(33)36-29(3,4)5)22(30)16-23(21)31-27(26)19-8-9-24(34-6)25(14-19)35-7/h8-10,14-17,31H,11-13H2,1-7H3. The fourth-order valence-corrected chi connectivity index (χ4v) is 4.71. The average molecular weight is 495 g/mol. The zero-order valence-corrected chi connectivity index (χ0v) is 22.1. The molecule has 4 rings (SSSR count). The number of H-pyrrole nitrogens is 1. The van der Waals surface area contributed by atoms with E-state index in [4.69, 9.17) is 14.2 Å². The molecule has 1 aromatic heterocycles. The molecule has 1 amide bonds. The number of benzene rings is 2. The minimum Gasteiger partial charge on any atom is -0.493 e. The van der Waals surface area contributed by atoms with Crippen molar-refractivity contribution in [3.63, 3.8) is 0 Å². The van der Waals surface area contributed by atoms with Gasteiger partial charge in [-0.25, -0.2) is 9.18 Å². The van der Waals surface area contributed by atoms with Crippen molar-refractivity contribution in [3.8, 4) is 22.8 Å². The molecule has 36 heavy (non-hydrogen) atoms. The van der Waals surface area contributed by atoms with Crippen LogP contribution in [0.4, 0.5) is 9.18 Å². The van der Waals surface area contributed by atoms with Gasteiger partial charge in [0.25, 0.3) is 0 Å². The van der Waals surface area contributed by atoms with Crippen LogP contribution in [0.5, 0.6) is 11.5 Å². The van der Waals surface area contributed by atoms with E-state index in [1.807, 2.05) is 51.1 Å². The summed E-state index contributed by atoms with van der Waals surface area (Å²) in [6.45, 7) is 10.7. The average Bonchev–Trinajstić information content (AvgIpc) is 3.20. The number of nitrogens with one attached hydrogen (secondary N) is 1. The topological polar surface area (TPSA) is 63.8 Å². The second kappa shape index (κ2) is 9.88. The van der Waals surface area contributed by atoms with Gasteiger partial charge in [-0.3, -0.25) is 0 Å². The molecular formula is C29H35FN2O4. The molecule has 3 aromatic rings. The van der Waals surface area contributed by atoms with Gasteiger partial charge in [0.1, 0.15) is 11.4 Å². The monoisotopic (exact) mass is 494 g/mol. The zero-order chi connectivity index (χ0) is 26.2. The fourth-order valence-electron chi connectivity index (χ4n) is 4.71. The second-order valence-corrected chi connectivity index (χ2v) is 10.4. The number of ether oxygens (including phenoxy) is 3. The van der Waals surface area contributed by atoms with Crippen molar-refractivity contribution in [1.82, 2.24) is 9.88 Å². The van der Waals surface area contributed by atoms with Gasteiger partial charge in [0, 0.05) is 35.1 Å². The van der Waals surface area contributed by atoms with E-state index in [1.54, 1.807) is 25.2 Å². The van der Waals surface area contributed by atoms with Crippen molar-refractivity contribution in [3.05, 3.63) is 53.4 Å². The molecule has 0 unspecified atom stereocenters. The van der Waals surface area contributed by atoms with Crippen molar-refractivity contribution in [2.45, 2.75) is 52.6 Å². The fraction of sp³-hybridized carbons (Fsp3) is 0.414. The molecule has 0 spiro atoms. The van der Waals surface area contributed by atoms with Crippen molar-refractivity contribution < 1.29 is 23.4 Å². The highest BCUT2D eigenvalue weighted by Gasteiger charge is 2.26. The Bertz CT molecular complexity index is 1320. The summed E-state index contributed by atoms with van der Waals surface area (Å²) in [5.41, 5.74) is 4.67. The van der Waals surface area contributed by atoms with E-state index < -0.39 is 5.60 Å². The number of amides is 1. The molecular weight excluding hydrogens is 459 g/mol. The van der Waals surface area contributed by atoms with Crippen LogP contribution < -0.4 is 9.47 Å². The van der Waals surface area contributed by atoms with E-state index in [0.717, 1.165) is 33.3 Å². The van der Waals surface area contributed by atoms with Gasteiger partial charge in [0.05, 0.1) is 19.9 Å². The number of fused-ring (bicyclic) bond motifs is 1. The lowest BCUT2D eigenvalue weighted by molar-refractivity contribution is 0.0270. The maximum atomic E-state index is 15.3. The molecule has 1 N–H and O–H groups in total. The zero-order valence-electron chi connectivity index (χ0n) is 22.1. The maximum absolute atomic E-state index is 15.3. The third-order valence-corrected chi connectivity index (χ3v) is 6.38. The lowest BCUT2D eigenvalue weighted by Gasteiger charge is -2.29. The predicted octanol–water partition coefficient (Wildman–Crippen LogP) is 7.14. The first kappa shape index (κ1) is 25.6. The number of carbonyl (C=O) groups excluding carboxylic acids is 1. The highest BCUT2D eigenvalue weighted by Crippen LogP contribution is 2.40. The Morgan fingerprint density at radius 3 is 2.39 bits per heavy atom.